The quantitative estimate of drug-likeness (QED) is 0.624. The van der Waals surface area contributed by atoms with Crippen molar-refractivity contribution in [1.82, 2.24) is 0 Å². The van der Waals surface area contributed by atoms with Crippen LogP contribution in [0.2, 0.25) is 0 Å². The zero-order valence-electron chi connectivity index (χ0n) is 6.71. The van der Waals surface area contributed by atoms with E-state index < -0.39 is 0 Å². The molecule has 0 aromatic rings. The van der Waals surface area contributed by atoms with Crippen molar-refractivity contribution in [1.29, 1.82) is 0 Å². The SMILES string of the molecule is CC(O)CC1C[CH]CCC1. The van der Waals surface area contributed by atoms with Crippen LogP contribution in [-0.2, 0) is 0 Å². The fourth-order valence-electron chi connectivity index (χ4n) is 1.72. The molecule has 2 atom stereocenters. The summed E-state index contributed by atoms with van der Waals surface area (Å²) in [5.74, 6) is 0.772. The van der Waals surface area contributed by atoms with Crippen LogP contribution < -0.4 is 0 Å². The smallest absolute Gasteiger partial charge is 0.0514 e. The highest BCUT2D eigenvalue weighted by atomic mass is 16.3. The first-order valence-corrected chi connectivity index (χ1v) is 4.29. The molecule has 0 aromatic carbocycles. The minimum Gasteiger partial charge on any atom is -0.393 e. The van der Waals surface area contributed by atoms with E-state index in [1.165, 1.54) is 25.7 Å². The van der Waals surface area contributed by atoms with Gasteiger partial charge in [0.2, 0.25) is 0 Å². The summed E-state index contributed by atoms with van der Waals surface area (Å²) in [5.41, 5.74) is 0. The fraction of sp³-hybridized carbons (Fsp3) is 0.889. The van der Waals surface area contributed by atoms with Gasteiger partial charge in [0.05, 0.1) is 6.10 Å². The van der Waals surface area contributed by atoms with Crippen LogP contribution in [0.3, 0.4) is 0 Å². The highest BCUT2D eigenvalue weighted by molar-refractivity contribution is 4.78. The third-order valence-corrected chi connectivity index (χ3v) is 2.20. The van der Waals surface area contributed by atoms with Gasteiger partial charge in [0.15, 0.2) is 0 Å². The molecule has 1 radical (unpaired) electrons. The molecule has 0 heterocycles. The second-order valence-electron chi connectivity index (χ2n) is 3.41. The van der Waals surface area contributed by atoms with Crippen molar-refractivity contribution in [3.63, 3.8) is 0 Å². The summed E-state index contributed by atoms with van der Waals surface area (Å²) < 4.78 is 0. The maximum atomic E-state index is 9.09. The highest BCUT2D eigenvalue weighted by Gasteiger charge is 2.14. The number of rotatable bonds is 2. The zero-order chi connectivity index (χ0) is 7.40. The Bertz CT molecular complexity index is 82.7. The summed E-state index contributed by atoms with van der Waals surface area (Å²) in [6.45, 7) is 1.88. The molecular formula is C9H17O. The normalized spacial score (nSPS) is 24.6. The van der Waals surface area contributed by atoms with Gasteiger partial charge in [0, 0.05) is 0 Å². The van der Waals surface area contributed by atoms with E-state index in [2.05, 4.69) is 6.42 Å². The first-order chi connectivity index (χ1) is 4.79. The number of aliphatic hydroxyl groups is 1. The summed E-state index contributed by atoms with van der Waals surface area (Å²) in [6, 6.07) is 0. The molecule has 59 valence electrons. The lowest BCUT2D eigenvalue weighted by Crippen LogP contribution is -2.13. The van der Waals surface area contributed by atoms with Gasteiger partial charge in [-0.2, -0.15) is 0 Å². The lowest BCUT2D eigenvalue weighted by Gasteiger charge is -2.22. The van der Waals surface area contributed by atoms with Gasteiger partial charge in [-0.05, 0) is 32.1 Å². The van der Waals surface area contributed by atoms with E-state index in [0.29, 0.717) is 0 Å². The van der Waals surface area contributed by atoms with Crippen LogP contribution in [0, 0.1) is 12.3 Å². The Labute approximate surface area is 63.4 Å². The Morgan fingerprint density at radius 2 is 2.50 bits per heavy atom. The third kappa shape index (κ3) is 2.70. The maximum absolute atomic E-state index is 9.09. The van der Waals surface area contributed by atoms with E-state index in [-0.39, 0.29) is 6.10 Å². The second kappa shape index (κ2) is 3.97. The van der Waals surface area contributed by atoms with E-state index in [0.717, 1.165) is 12.3 Å². The minimum atomic E-state index is -0.100. The monoisotopic (exact) mass is 141 g/mol. The van der Waals surface area contributed by atoms with Crippen LogP contribution in [0.5, 0.6) is 0 Å². The largest absolute Gasteiger partial charge is 0.393 e. The van der Waals surface area contributed by atoms with Crippen molar-refractivity contribution in [2.24, 2.45) is 5.92 Å². The summed E-state index contributed by atoms with van der Waals surface area (Å²) >= 11 is 0. The summed E-state index contributed by atoms with van der Waals surface area (Å²) in [7, 11) is 0. The number of hydrogen-bond acceptors (Lipinski definition) is 1. The van der Waals surface area contributed by atoms with E-state index in [1.807, 2.05) is 6.92 Å². The van der Waals surface area contributed by atoms with Gasteiger partial charge in [-0.1, -0.05) is 19.3 Å². The first kappa shape index (κ1) is 8.06. The fourth-order valence-corrected chi connectivity index (χ4v) is 1.72. The van der Waals surface area contributed by atoms with Crippen molar-refractivity contribution in [3.05, 3.63) is 6.42 Å². The van der Waals surface area contributed by atoms with Crippen LogP contribution in [0.25, 0.3) is 0 Å². The van der Waals surface area contributed by atoms with Crippen molar-refractivity contribution < 1.29 is 5.11 Å². The molecule has 1 saturated carbocycles. The molecule has 1 aliphatic rings. The molecule has 0 spiro atoms. The van der Waals surface area contributed by atoms with Gasteiger partial charge in [-0.15, -0.1) is 0 Å². The van der Waals surface area contributed by atoms with Gasteiger partial charge in [0.1, 0.15) is 0 Å². The van der Waals surface area contributed by atoms with Gasteiger partial charge < -0.3 is 5.11 Å². The van der Waals surface area contributed by atoms with Gasteiger partial charge >= 0.3 is 0 Å². The predicted molar refractivity (Wildman–Crippen MR) is 42.6 cm³/mol. The molecule has 2 unspecified atom stereocenters. The molecule has 1 N–H and O–H groups in total. The van der Waals surface area contributed by atoms with Gasteiger partial charge in [0.25, 0.3) is 0 Å². The van der Waals surface area contributed by atoms with Crippen LogP contribution in [0.1, 0.15) is 39.0 Å². The molecule has 1 aliphatic carbocycles. The molecule has 0 aliphatic heterocycles. The van der Waals surface area contributed by atoms with Crippen molar-refractivity contribution in [2.45, 2.75) is 45.1 Å². The van der Waals surface area contributed by atoms with Gasteiger partial charge in [-0.3, -0.25) is 0 Å². The van der Waals surface area contributed by atoms with Crippen molar-refractivity contribution >= 4 is 0 Å². The molecule has 1 nitrogen and oxygen atoms in total. The molecule has 0 amide bonds. The molecule has 1 heteroatoms. The summed E-state index contributed by atoms with van der Waals surface area (Å²) in [5, 5.41) is 9.09. The Morgan fingerprint density at radius 3 is 3.00 bits per heavy atom. The Hall–Kier alpha value is -0.0400. The topological polar surface area (TPSA) is 20.2 Å². The maximum Gasteiger partial charge on any atom is 0.0514 e. The van der Waals surface area contributed by atoms with E-state index in [1.54, 1.807) is 0 Å². The Balaban J connectivity index is 2.13. The lowest BCUT2D eigenvalue weighted by molar-refractivity contribution is 0.152. The standard InChI is InChI=1S/C9H17O/c1-8(10)7-9-5-3-2-4-6-9/h3,8-10H,2,4-7H2,1H3. The molecule has 1 rings (SSSR count). The average Bonchev–Trinajstić information content (AvgIpc) is 1.88. The molecule has 0 aromatic heterocycles. The predicted octanol–water partition coefficient (Wildman–Crippen LogP) is 2.15. The minimum absolute atomic E-state index is 0.100. The molecule has 10 heavy (non-hydrogen) atoms. The average molecular weight is 141 g/mol. The van der Waals surface area contributed by atoms with Crippen molar-refractivity contribution in [3.8, 4) is 0 Å². The molecular weight excluding hydrogens is 124 g/mol. The van der Waals surface area contributed by atoms with E-state index >= 15 is 0 Å². The molecule has 1 fully saturated rings. The molecule has 0 bridgehead atoms. The summed E-state index contributed by atoms with van der Waals surface area (Å²) in [4.78, 5) is 0. The molecule has 0 saturated heterocycles. The van der Waals surface area contributed by atoms with Crippen molar-refractivity contribution in [2.75, 3.05) is 0 Å². The second-order valence-corrected chi connectivity index (χ2v) is 3.41. The van der Waals surface area contributed by atoms with E-state index in [9.17, 15) is 0 Å². The van der Waals surface area contributed by atoms with Crippen LogP contribution in [-0.4, -0.2) is 11.2 Å². The highest BCUT2D eigenvalue weighted by Crippen LogP contribution is 2.26. The third-order valence-electron chi connectivity index (χ3n) is 2.20. The summed E-state index contributed by atoms with van der Waals surface area (Å²) in [6.07, 6.45) is 8.42. The van der Waals surface area contributed by atoms with E-state index in [4.69, 9.17) is 5.11 Å². The van der Waals surface area contributed by atoms with Crippen LogP contribution in [0.4, 0.5) is 0 Å². The first-order valence-electron chi connectivity index (χ1n) is 4.29. The number of aliphatic hydroxyl groups excluding tert-OH is 1. The van der Waals surface area contributed by atoms with Crippen LogP contribution in [0.15, 0.2) is 0 Å². The van der Waals surface area contributed by atoms with Gasteiger partial charge in [-0.25, -0.2) is 0 Å². The zero-order valence-corrected chi connectivity index (χ0v) is 6.71. The lowest BCUT2D eigenvalue weighted by atomic mass is 9.86. The van der Waals surface area contributed by atoms with Crippen LogP contribution >= 0.6 is 0 Å². The Kier molecular flexibility index (Phi) is 3.20. The number of hydrogen-bond donors (Lipinski definition) is 1. The Morgan fingerprint density at radius 1 is 1.70 bits per heavy atom.